The summed E-state index contributed by atoms with van der Waals surface area (Å²) in [5, 5.41) is 0. The van der Waals surface area contributed by atoms with Crippen molar-refractivity contribution in [3.05, 3.63) is 12.2 Å². The summed E-state index contributed by atoms with van der Waals surface area (Å²) < 4.78 is 5.34. The Kier molecular flexibility index (Phi) is 3.00. The number of rotatable bonds is 3. The Morgan fingerprint density at radius 1 is 1.29 bits per heavy atom. The van der Waals surface area contributed by atoms with Gasteiger partial charge in [-0.25, -0.2) is 0 Å². The van der Waals surface area contributed by atoms with E-state index in [1.54, 1.807) is 0 Å². The van der Waals surface area contributed by atoms with Gasteiger partial charge in [-0.1, -0.05) is 0 Å². The van der Waals surface area contributed by atoms with Crippen molar-refractivity contribution in [1.82, 2.24) is 4.90 Å². The normalized spacial score (nSPS) is 22.3. The molecule has 5 heteroatoms. The number of hydrogen-bond acceptors (Lipinski definition) is 4. The van der Waals surface area contributed by atoms with Crippen molar-refractivity contribution >= 4 is 17.8 Å². The zero-order valence-electron chi connectivity index (χ0n) is 9.77. The van der Waals surface area contributed by atoms with Crippen LogP contribution in [-0.2, 0) is 19.1 Å². The van der Waals surface area contributed by atoms with Crippen LogP contribution in [0.25, 0.3) is 0 Å². The third-order valence-electron chi connectivity index (χ3n) is 3.21. The molecule has 1 fully saturated rings. The van der Waals surface area contributed by atoms with Crippen molar-refractivity contribution in [1.29, 1.82) is 0 Å². The van der Waals surface area contributed by atoms with E-state index in [1.807, 2.05) is 6.92 Å². The molecular formula is C12H15NO4. The smallest absolute Gasteiger partial charge is 0.326 e. The van der Waals surface area contributed by atoms with E-state index in [0.717, 1.165) is 42.7 Å². The van der Waals surface area contributed by atoms with Crippen LogP contribution in [0.3, 0.4) is 0 Å². The summed E-state index contributed by atoms with van der Waals surface area (Å²) in [6.45, 7) is 1.60. The summed E-state index contributed by atoms with van der Waals surface area (Å²) >= 11 is 0. The molecule has 0 bridgehead atoms. The molecule has 1 saturated carbocycles. The summed E-state index contributed by atoms with van der Waals surface area (Å²) in [6, 6.07) is 0. The molecule has 5 nitrogen and oxygen atoms in total. The number of carbonyl (C=O) groups is 3. The lowest BCUT2D eigenvalue weighted by atomic mass is 10.1. The molecule has 17 heavy (non-hydrogen) atoms. The molecule has 1 aliphatic carbocycles. The molecule has 2 rings (SSSR count). The van der Waals surface area contributed by atoms with Gasteiger partial charge in [-0.05, 0) is 32.6 Å². The van der Waals surface area contributed by atoms with E-state index in [-0.39, 0.29) is 6.54 Å². The first-order valence-corrected chi connectivity index (χ1v) is 5.76. The van der Waals surface area contributed by atoms with Crippen LogP contribution in [0.2, 0.25) is 0 Å². The number of ether oxygens (including phenoxy) is 1. The third kappa shape index (κ3) is 2.54. The largest absolute Gasteiger partial charge is 0.458 e. The van der Waals surface area contributed by atoms with Gasteiger partial charge in [-0.15, -0.1) is 0 Å². The van der Waals surface area contributed by atoms with Gasteiger partial charge >= 0.3 is 5.97 Å². The van der Waals surface area contributed by atoms with E-state index in [1.165, 1.54) is 0 Å². The Hall–Kier alpha value is -1.65. The van der Waals surface area contributed by atoms with Crippen LogP contribution < -0.4 is 0 Å². The first-order valence-electron chi connectivity index (χ1n) is 5.76. The van der Waals surface area contributed by atoms with E-state index < -0.39 is 23.4 Å². The van der Waals surface area contributed by atoms with Crippen LogP contribution in [0, 0.1) is 0 Å². The zero-order chi connectivity index (χ0) is 12.5. The van der Waals surface area contributed by atoms with E-state index in [4.69, 9.17) is 4.74 Å². The molecule has 0 radical (unpaired) electrons. The maximum absolute atomic E-state index is 11.7. The first-order chi connectivity index (χ1) is 8.00. The number of nitrogens with zero attached hydrogens (tertiary/aromatic N) is 1. The van der Waals surface area contributed by atoms with Crippen molar-refractivity contribution < 1.29 is 19.1 Å². The fourth-order valence-electron chi connectivity index (χ4n) is 2.25. The highest BCUT2D eigenvalue weighted by Gasteiger charge is 2.34. The van der Waals surface area contributed by atoms with Crippen LogP contribution >= 0.6 is 0 Å². The lowest BCUT2D eigenvalue weighted by molar-refractivity contribution is -0.162. The number of hydrogen-bond donors (Lipinski definition) is 0. The fraction of sp³-hybridized carbons (Fsp3) is 0.583. The Morgan fingerprint density at radius 2 is 1.82 bits per heavy atom. The summed E-state index contributed by atoms with van der Waals surface area (Å²) in [4.78, 5) is 35.0. The molecule has 0 aromatic heterocycles. The van der Waals surface area contributed by atoms with Crippen LogP contribution in [0.15, 0.2) is 12.2 Å². The second-order valence-electron chi connectivity index (χ2n) is 4.73. The Balaban J connectivity index is 1.89. The van der Waals surface area contributed by atoms with Gasteiger partial charge < -0.3 is 4.74 Å². The summed E-state index contributed by atoms with van der Waals surface area (Å²) in [7, 11) is 0. The van der Waals surface area contributed by atoms with Crippen molar-refractivity contribution in [2.45, 2.75) is 38.2 Å². The maximum Gasteiger partial charge on any atom is 0.326 e. The van der Waals surface area contributed by atoms with Gasteiger partial charge in [-0.3, -0.25) is 19.3 Å². The average molecular weight is 237 g/mol. The van der Waals surface area contributed by atoms with Gasteiger partial charge in [0.25, 0.3) is 11.8 Å². The van der Waals surface area contributed by atoms with Crippen molar-refractivity contribution in [3.8, 4) is 0 Å². The number of imide groups is 1. The van der Waals surface area contributed by atoms with E-state index in [2.05, 4.69) is 0 Å². The highest BCUT2D eigenvalue weighted by atomic mass is 16.6. The zero-order valence-corrected chi connectivity index (χ0v) is 9.77. The summed E-state index contributed by atoms with van der Waals surface area (Å²) in [5.74, 6) is -1.42. The third-order valence-corrected chi connectivity index (χ3v) is 3.21. The van der Waals surface area contributed by atoms with Crippen LogP contribution in [0.1, 0.15) is 32.6 Å². The minimum absolute atomic E-state index is 0.291. The molecule has 0 atom stereocenters. The topological polar surface area (TPSA) is 63.7 Å². The van der Waals surface area contributed by atoms with Gasteiger partial charge in [0.2, 0.25) is 0 Å². The average Bonchev–Trinajstić information content (AvgIpc) is 2.79. The van der Waals surface area contributed by atoms with Crippen LogP contribution in [0.5, 0.6) is 0 Å². The lowest BCUT2D eigenvalue weighted by Crippen LogP contribution is -2.39. The molecule has 2 amide bonds. The Morgan fingerprint density at radius 3 is 2.35 bits per heavy atom. The SMILES string of the molecule is CC1(OC(=O)CN2C(=O)C=CC2=O)CCCC1. The minimum atomic E-state index is -0.514. The Bertz CT molecular complexity index is 375. The number of amides is 2. The molecule has 0 unspecified atom stereocenters. The second kappa shape index (κ2) is 4.31. The molecule has 0 aromatic carbocycles. The van der Waals surface area contributed by atoms with Crippen molar-refractivity contribution in [3.63, 3.8) is 0 Å². The second-order valence-corrected chi connectivity index (χ2v) is 4.73. The first kappa shape index (κ1) is 11.8. The standard InChI is InChI=1S/C12H15NO4/c1-12(6-2-3-7-12)17-11(16)8-13-9(14)4-5-10(13)15/h4-5H,2-3,6-8H2,1H3. The summed E-state index contributed by atoms with van der Waals surface area (Å²) in [6.07, 6.45) is 6.11. The van der Waals surface area contributed by atoms with Gasteiger partial charge in [0.15, 0.2) is 0 Å². The van der Waals surface area contributed by atoms with Crippen molar-refractivity contribution in [2.75, 3.05) is 6.54 Å². The highest BCUT2D eigenvalue weighted by molar-refractivity contribution is 6.14. The van der Waals surface area contributed by atoms with E-state index >= 15 is 0 Å². The predicted molar refractivity (Wildman–Crippen MR) is 58.8 cm³/mol. The molecule has 0 spiro atoms. The molecular weight excluding hydrogens is 222 g/mol. The fourth-order valence-corrected chi connectivity index (χ4v) is 2.25. The minimum Gasteiger partial charge on any atom is -0.458 e. The van der Waals surface area contributed by atoms with Gasteiger partial charge in [0, 0.05) is 12.2 Å². The molecule has 0 saturated heterocycles. The summed E-state index contributed by atoms with van der Waals surface area (Å²) in [5.41, 5.74) is -0.420. The predicted octanol–water partition coefficient (Wildman–Crippen LogP) is 0.787. The van der Waals surface area contributed by atoms with Gasteiger partial charge in [0.1, 0.15) is 12.1 Å². The molecule has 1 aliphatic heterocycles. The highest BCUT2D eigenvalue weighted by Crippen LogP contribution is 2.32. The Labute approximate surface area is 99.4 Å². The number of esters is 1. The molecule has 0 N–H and O–H groups in total. The monoisotopic (exact) mass is 237 g/mol. The lowest BCUT2D eigenvalue weighted by Gasteiger charge is -2.25. The molecule has 1 heterocycles. The van der Waals surface area contributed by atoms with E-state index in [0.29, 0.717) is 0 Å². The van der Waals surface area contributed by atoms with E-state index in [9.17, 15) is 14.4 Å². The van der Waals surface area contributed by atoms with Gasteiger partial charge in [0.05, 0.1) is 0 Å². The molecule has 2 aliphatic rings. The quantitative estimate of drug-likeness (QED) is 0.537. The molecule has 92 valence electrons. The molecule has 0 aromatic rings. The van der Waals surface area contributed by atoms with Gasteiger partial charge in [-0.2, -0.15) is 0 Å². The number of carbonyl (C=O) groups excluding carboxylic acids is 3. The van der Waals surface area contributed by atoms with Crippen LogP contribution in [0.4, 0.5) is 0 Å². The maximum atomic E-state index is 11.7. The van der Waals surface area contributed by atoms with Crippen LogP contribution in [-0.4, -0.2) is 34.8 Å². The van der Waals surface area contributed by atoms with Crippen molar-refractivity contribution in [2.24, 2.45) is 0 Å².